The first-order valence-corrected chi connectivity index (χ1v) is 9.57. The second-order valence-corrected chi connectivity index (χ2v) is 7.29. The molecule has 0 fully saturated rings. The van der Waals surface area contributed by atoms with Crippen LogP contribution < -0.4 is 16.2 Å². The van der Waals surface area contributed by atoms with Crippen LogP contribution in [0.2, 0.25) is 0 Å². The fourth-order valence-electron chi connectivity index (χ4n) is 3.10. The monoisotopic (exact) mass is 404 g/mol. The molecule has 0 saturated heterocycles. The van der Waals surface area contributed by atoms with Gasteiger partial charge in [0.05, 0.1) is 5.69 Å². The molecule has 0 atom stereocenters. The summed E-state index contributed by atoms with van der Waals surface area (Å²) in [7, 11) is 0. The fourth-order valence-corrected chi connectivity index (χ4v) is 3.10. The van der Waals surface area contributed by atoms with Gasteiger partial charge in [-0.3, -0.25) is 14.4 Å². The van der Waals surface area contributed by atoms with Gasteiger partial charge in [-0.2, -0.15) is 5.10 Å². The first-order valence-electron chi connectivity index (χ1n) is 9.57. The Morgan fingerprint density at radius 1 is 0.900 bits per heavy atom. The summed E-state index contributed by atoms with van der Waals surface area (Å²) >= 11 is 0. The van der Waals surface area contributed by atoms with Crippen LogP contribution in [0.5, 0.6) is 0 Å². The molecule has 7 heteroatoms. The quantitative estimate of drug-likeness (QED) is 0.681. The molecular formula is C23H24N4O3. The molecule has 0 aliphatic carbocycles. The molecule has 3 aromatic rings. The zero-order valence-corrected chi connectivity index (χ0v) is 17.4. The molecule has 0 bridgehead atoms. The van der Waals surface area contributed by atoms with Crippen LogP contribution in [0, 0.1) is 20.8 Å². The van der Waals surface area contributed by atoms with Crippen LogP contribution in [0.25, 0.3) is 11.3 Å². The Bertz CT molecular complexity index is 1180. The van der Waals surface area contributed by atoms with E-state index in [1.54, 1.807) is 12.1 Å². The highest BCUT2D eigenvalue weighted by molar-refractivity contribution is 5.91. The minimum atomic E-state index is -0.372. The Labute approximate surface area is 174 Å². The van der Waals surface area contributed by atoms with Crippen LogP contribution in [0.15, 0.2) is 53.3 Å². The summed E-state index contributed by atoms with van der Waals surface area (Å²) in [5, 5.41) is 9.94. The van der Waals surface area contributed by atoms with Crippen LogP contribution in [0.1, 0.15) is 23.6 Å². The van der Waals surface area contributed by atoms with Crippen molar-refractivity contribution in [2.45, 2.75) is 34.2 Å². The molecule has 0 spiro atoms. The number of carbonyl (C=O) groups excluding carboxylic acids is 2. The molecule has 0 aliphatic heterocycles. The predicted molar refractivity (Wildman–Crippen MR) is 118 cm³/mol. The highest BCUT2D eigenvalue weighted by Crippen LogP contribution is 2.23. The first-order chi connectivity index (χ1) is 14.2. The van der Waals surface area contributed by atoms with Crippen molar-refractivity contribution in [2.24, 2.45) is 0 Å². The van der Waals surface area contributed by atoms with E-state index in [2.05, 4.69) is 15.7 Å². The van der Waals surface area contributed by atoms with Crippen molar-refractivity contribution in [1.82, 2.24) is 9.78 Å². The number of benzene rings is 2. The summed E-state index contributed by atoms with van der Waals surface area (Å²) in [6.45, 7) is 7.03. The van der Waals surface area contributed by atoms with Crippen LogP contribution in [0.4, 0.5) is 11.4 Å². The maximum Gasteiger partial charge on any atom is 0.267 e. The SMILES string of the molecule is CC(=O)Nc1cc(-c2ccc(=O)n(CC(=O)Nc3ccc(C)cc3C)n2)ccc1C. The molecule has 7 nitrogen and oxygen atoms in total. The molecule has 0 unspecified atom stereocenters. The summed E-state index contributed by atoms with van der Waals surface area (Å²) in [6.07, 6.45) is 0. The van der Waals surface area contributed by atoms with E-state index in [1.807, 2.05) is 51.1 Å². The number of nitrogens with zero attached hydrogens (tertiary/aromatic N) is 2. The summed E-state index contributed by atoms with van der Waals surface area (Å²) in [5.41, 5.74) is 5.23. The molecule has 0 saturated carbocycles. The first kappa shape index (κ1) is 21.0. The molecule has 2 amide bonds. The number of nitrogens with one attached hydrogen (secondary N) is 2. The Morgan fingerprint density at radius 2 is 1.67 bits per heavy atom. The zero-order valence-electron chi connectivity index (χ0n) is 17.4. The van der Waals surface area contributed by atoms with E-state index in [9.17, 15) is 14.4 Å². The third kappa shape index (κ3) is 5.00. The Hall–Kier alpha value is -3.74. The van der Waals surface area contributed by atoms with Gasteiger partial charge in [0.25, 0.3) is 5.56 Å². The zero-order chi connectivity index (χ0) is 21.8. The minimum Gasteiger partial charge on any atom is -0.326 e. The number of hydrogen-bond donors (Lipinski definition) is 2. The number of aryl methyl sites for hydroxylation is 3. The Morgan fingerprint density at radius 3 is 2.37 bits per heavy atom. The third-order valence-electron chi connectivity index (χ3n) is 4.66. The van der Waals surface area contributed by atoms with Gasteiger partial charge in [0, 0.05) is 29.9 Å². The molecule has 154 valence electrons. The largest absolute Gasteiger partial charge is 0.326 e. The molecule has 1 aromatic heterocycles. The average molecular weight is 404 g/mol. The van der Waals surface area contributed by atoms with Gasteiger partial charge in [-0.05, 0) is 50.1 Å². The molecular weight excluding hydrogens is 380 g/mol. The van der Waals surface area contributed by atoms with Crippen LogP contribution >= 0.6 is 0 Å². The van der Waals surface area contributed by atoms with Gasteiger partial charge in [0.2, 0.25) is 11.8 Å². The third-order valence-corrected chi connectivity index (χ3v) is 4.66. The topological polar surface area (TPSA) is 93.1 Å². The van der Waals surface area contributed by atoms with Crippen molar-refractivity contribution >= 4 is 23.2 Å². The van der Waals surface area contributed by atoms with E-state index in [4.69, 9.17) is 0 Å². The standard InChI is InChI=1S/C23H24N4O3/c1-14-5-8-19(16(3)11-14)25-22(29)13-27-23(30)10-9-20(26-27)18-7-6-15(2)21(12-18)24-17(4)28/h5-12H,13H2,1-4H3,(H,24,28)(H,25,29). The second kappa shape index (κ2) is 8.73. The molecule has 30 heavy (non-hydrogen) atoms. The predicted octanol–water partition coefficient (Wildman–Crippen LogP) is 3.43. The number of carbonyl (C=O) groups is 2. The van der Waals surface area contributed by atoms with Gasteiger partial charge in [-0.1, -0.05) is 29.8 Å². The molecule has 0 aliphatic rings. The van der Waals surface area contributed by atoms with Crippen molar-refractivity contribution < 1.29 is 9.59 Å². The van der Waals surface area contributed by atoms with Gasteiger partial charge in [-0.25, -0.2) is 4.68 Å². The van der Waals surface area contributed by atoms with Crippen molar-refractivity contribution in [3.8, 4) is 11.3 Å². The number of anilines is 2. The van der Waals surface area contributed by atoms with E-state index in [0.717, 1.165) is 26.9 Å². The van der Waals surface area contributed by atoms with Crippen molar-refractivity contribution in [3.05, 3.63) is 75.6 Å². The minimum absolute atomic E-state index is 0.170. The van der Waals surface area contributed by atoms with Crippen LogP contribution in [-0.2, 0) is 16.1 Å². The normalized spacial score (nSPS) is 10.5. The number of hydrogen-bond acceptors (Lipinski definition) is 4. The maximum atomic E-state index is 12.5. The summed E-state index contributed by atoms with van der Waals surface area (Å²) in [5.74, 6) is -0.507. The molecule has 2 aromatic carbocycles. The number of rotatable bonds is 5. The lowest BCUT2D eigenvalue weighted by Crippen LogP contribution is -2.29. The van der Waals surface area contributed by atoms with Crippen LogP contribution in [0.3, 0.4) is 0 Å². The van der Waals surface area contributed by atoms with Gasteiger partial charge >= 0.3 is 0 Å². The van der Waals surface area contributed by atoms with Crippen molar-refractivity contribution in [1.29, 1.82) is 0 Å². The summed E-state index contributed by atoms with van der Waals surface area (Å²) in [6, 6.07) is 14.2. The molecule has 1 heterocycles. The Balaban J connectivity index is 1.84. The maximum absolute atomic E-state index is 12.5. The molecule has 3 rings (SSSR count). The van der Waals surface area contributed by atoms with Crippen LogP contribution in [-0.4, -0.2) is 21.6 Å². The van der Waals surface area contributed by atoms with Gasteiger partial charge in [-0.15, -0.1) is 0 Å². The van der Waals surface area contributed by atoms with E-state index >= 15 is 0 Å². The lowest BCUT2D eigenvalue weighted by molar-refractivity contribution is -0.117. The Kier molecular flexibility index (Phi) is 6.11. The van der Waals surface area contributed by atoms with E-state index in [1.165, 1.54) is 13.0 Å². The van der Waals surface area contributed by atoms with Crippen molar-refractivity contribution in [2.75, 3.05) is 10.6 Å². The second-order valence-electron chi connectivity index (χ2n) is 7.29. The number of amides is 2. The lowest BCUT2D eigenvalue weighted by Gasteiger charge is -2.12. The van der Waals surface area contributed by atoms with Gasteiger partial charge < -0.3 is 10.6 Å². The summed E-state index contributed by atoms with van der Waals surface area (Å²) in [4.78, 5) is 36.1. The molecule has 0 radical (unpaired) electrons. The van der Waals surface area contributed by atoms with Crippen molar-refractivity contribution in [3.63, 3.8) is 0 Å². The highest BCUT2D eigenvalue weighted by atomic mass is 16.2. The van der Waals surface area contributed by atoms with E-state index < -0.39 is 0 Å². The summed E-state index contributed by atoms with van der Waals surface area (Å²) < 4.78 is 1.13. The fraction of sp³-hybridized carbons (Fsp3) is 0.217. The average Bonchev–Trinajstić information content (AvgIpc) is 2.67. The lowest BCUT2D eigenvalue weighted by atomic mass is 10.1. The van der Waals surface area contributed by atoms with E-state index in [0.29, 0.717) is 17.1 Å². The number of aromatic nitrogens is 2. The van der Waals surface area contributed by atoms with Gasteiger partial charge in [0.1, 0.15) is 6.54 Å². The van der Waals surface area contributed by atoms with E-state index in [-0.39, 0.29) is 23.9 Å². The highest BCUT2D eigenvalue weighted by Gasteiger charge is 2.11. The van der Waals surface area contributed by atoms with Gasteiger partial charge in [0.15, 0.2) is 0 Å². The molecule has 2 N–H and O–H groups in total. The smallest absolute Gasteiger partial charge is 0.267 e.